The van der Waals surface area contributed by atoms with Gasteiger partial charge in [-0.25, -0.2) is 4.39 Å². The van der Waals surface area contributed by atoms with Crippen LogP contribution in [0, 0.1) is 11.7 Å². The Labute approximate surface area is 120 Å². The summed E-state index contributed by atoms with van der Waals surface area (Å²) in [5, 5.41) is -0.0649. The molecule has 1 aliphatic rings. The van der Waals surface area contributed by atoms with Crippen LogP contribution in [-0.2, 0) is 9.59 Å². The molecule has 1 saturated heterocycles. The van der Waals surface area contributed by atoms with Gasteiger partial charge in [0, 0.05) is 19.2 Å². The molecule has 0 bridgehead atoms. The number of carbonyl (C=O) groups excluding carboxylic acids is 2. The van der Waals surface area contributed by atoms with Gasteiger partial charge in [0.05, 0.1) is 10.9 Å². The van der Waals surface area contributed by atoms with Gasteiger partial charge in [-0.05, 0) is 18.6 Å². The Morgan fingerprint density at radius 2 is 2.25 bits per heavy atom. The van der Waals surface area contributed by atoms with Gasteiger partial charge in [0.15, 0.2) is 6.61 Å². The number of carbonyl (C=O) groups is 2. The molecular weight excluding hydrogens is 287 g/mol. The molecule has 108 valence electrons. The molecule has 2 rings (SSSR count). The first-order valence-corrected chi connectivity index (χ1v) is 6.50. The number of ether oxygens (including phenoxy) is 1. The average molecular weight is 301 g/mol. The second kappa shape index (κ2) is 6.09. The van der Waals surface area contributed by atoms with Gasteiger partial charge in [0.25, 0.3) is 5.91 Å². The lowest BCUT2D eigenvalue weighted by Crippen LogP contribution is -2.34. The van der Waals surface area contributed by atoms with Gasteiger partial charge < -0.3 is 15.4 Å². The molecule has 1 heterocycles. The highest BCUT2D eigenvalue weighted by Crippen LogP contribution is 2.21. The number of rotatable bonds is 4. The third-order valence-electron chi connectivity index (χ3n) is 3.20. The molecule has 1 atom stereocenters. The molecule has 0 aliphatic carbocycles. The van der Waals surface area contributed by atoms with E-state index in [4.69, 9.17) is 22.1 Å². The number of hydrogen-bond donors (Lipinski definition) is 1. The first kappa shape index (κ1) is 14.6. The van der Waals surface area contributed by atoms with E-state index < -0.39 is 11.7 Å². The summed E-state index contributed by atoms with van der Waals surface area (Å²) in [5.41, 5.74) is 5.20. The van der Waals surface area contributed by atoms with E-state index in [-0.39, 0.29) is 23.5 Å². The maximum absolute atomic E-state index is 13.0. The van der Waals surface area contributed by atoms with Crippen LogP contribution in [0.25, 0.3) is 0 Å². The number of amides is 2. The van der Waals surface area contributed by atoms with Gasteiger partial charge >= 0.3 is 0 Å². The van der Waals surface area contributed by atoms with Crippen LogP contribution in [0.4, 0.5) is 4.39 Å². The van der Waals surface area contributed by atoms with E-state index in [0.29, 0.717) is 25.3 Å². The zero-order valence-corrected chi connectivity index (χ0v) is 11.4. The fraction of sp³-hybridized carbons (Fsp3) is 0.385. The molecule has 1 aromatic rings. The minimum absolute atomic E-state index is 0.0649. The van der Waals surface area contributed by atoms with E-state index in [1.54, 1.807) is 0 Å². The van der Waals surface area contributed by atoms with Crippen molar-refractivity contribution in [2.75, 3.05) is 19.7 Å². The van der Waals surface area contributed by atoms with Crippen LogP contribution in [0.15, 0.2) is 18.2 Å². The van der Waals surface area contributed by atoms with Crippen molar-refractivity contribution in [3.63, 3.8) is 0 Å². The van der Waals surface area contributed by atoms with E-state index in [2.05, 4.69) is 0 Å². The summed E-state index contributed by atoms with van der Waals surface area (Å²) in [6.45, 7) is 0.620. The number of primary amides is 1. The average Bonchev–Trinajstić information content (AvgIpc) is 2.89. The van der Waals surface area contributed by atoms with Crippen molar-refractivity contribution in [1.29, 1.82) is 0 Å². The van der Waals surface area contributed by atoms with Crippen molar-refractivity contribution >= 4 is 23.4 Å². The van der Waals surface area contributed by atoms with Crippen LogP contribution >= 0.6 is 11.6 Å². The van der Waals surface area contributed by atoms with Crippen LogP contribution in [-0.4, -0.2) is 36.4 Å². The molecule has 0 saturated carbocycles. The van der Waals surface area contributed by atoms with Crippen molar-refractivity contribution in [2.45, 2.75) is 6.42 Å². The lowest BCUT2D eigenvalue weighted by atomic mass is 10.1. The van der Waals surface area contributed by atoms with Crippen molar-refractivity contribution in [2.24, 2.45) is 11.7 Å². The predicted octanol–water partition coefficient (Wildman–Crippen LogP) is 1.19. The molecule has 2 N–H and O–H groups in total. The Hall–Kier alpha value is -1.82. The molecular formula is C13H14ClFN2O3. The Morgan fingerprint density at radius 1 is 1.50 bits per heavy atom. The maximum atomic E-state index is 13.0. The molecule has 0 aromatic heterocycles. The summed E-state index contributed by atoms with van der Waals surface area (Å²) in [6, 6.07) is 3.87. The lowest BCUT2D eigenvalue weighted by Gasteiger charge is -2.16. The molecule has 7 heteroatoms. The number of halogens is 2. The Kier molecular flexibility index (Phi) is 4.44. The highest BCUT2D eigenvalue weighted by Gasteiger charge is 2.29. The first-order chi connectivity index (χ1) is 9.47. The summed E-state index contributed by atoms with van der Waals surface area (Å²) in [6.07, 6.45) is 0.573. The second-order valence-corrected chi connectivity index (χ2v) is 5.00. The molecule has 20 heavy (non-hydrogen) atoms. The van der Waals surface area contributed by atoms with Gasteiger partial charge in [0.1, 0.15) is 11.6 Å². The fourth-order valence-electron chi connectivity index (χ4n) is 2.02. The molecule has 0 spiro atoms. The monoisotopic (exact) mass is 300 g/mol. The maximum Gasteiger partial charge on any atom is 0.260 e. The largest absolute Gasteiger partial charge is 0.484 e. The minimum Gasteiger partial charge on any atom is -0.484 e. The topological polar surface area (TPSA) is 72.6 Å². The second-order valence-electron chi connectivity index (χ2n) is 4.59. The predicted molar refractivity (Wildman–Crippen MR) is 70.8 cm³/mol. The van der Waals surface area contributed by atoms with Crippen LogP contribution < -0.4 is 10.5 Å². The molecule has 1 fully saturated rings. The van der Waals surface area contributed by atoms with Crippen LogP contribution in [0.1, 0.15) is 6.42 Å². The van der Waals surface area contributed by atoms with Crippen molar-refractivity contribution in [1.82, 2.24) is 4.90 Å². The smallest absolute Gasteiger partial charge is 0.260 e. The zero-order chi connectivity index (χ0) is 14.7. The number of nitrogens with two attached hydrogens (primary N) is 1. The van der Waals surface area contributed by atoms with E-state index in [9.17, 15) is 14.0 Å². The SMILES string of the molecule is NC(=O)[C@H]1CCN(C(=O)COc2ccc(F)c(Cl)c2)C1. The highest BCUT2D eigenvalue weighted by atomic mass is 35.5. The number of likely N-dealkylation sites (tertiary alicyclic amines) is 1. The van der Waals surface area contributed by atoms with Gasteiger partial charge in [-0.2, -0.15) is 0 Å². The summed E-state index contributed by atoms with van der Waals surface area (Å²) >= 11 is 5.61. The van der Waals surface area contributed by atoms with Gasteiger partial charge in [-0.15, -0.1) is 0 Å². The van der Waals surface area contributed by atoms with Crippen LogP contribution in [0.3, 0.4) is 0 Å². The lowest BCUT2D eigenvalue weighted by molar-refractivity contribution is -0.132. The van der Waals surface area contributed by atoms with E-state index in [1.165, 1.54) is 23.1 Å². The Bertz CT molecular complexity index is 538. The Balaban J connectivity index is 1.86. The van der Waals surface area contributed by atoms with E-state index in [0.717, 1.165) is 0 Å². The van der Waals surface area contributed by atoms with Gasteiger partial charge in [-0.3, -0.25) is 9.59 Å². The summed E-state index contributed by atoms with van der Waals surface area (Å²) in [5.74, 6) is -1.16. The number of benzene rings is 1. The van der Waals surface area contributed by atoms with Crippen molar-refractivity contribution in [3.8, 4) is 5.75 Å². The molecule has 5 nitrogen and oxygen atoms in total. The summed E-state index contributed by atoms with van der Waals surface area (Å²) in [4.78, 5) is 24.4. The minimum atomic E-state index is -0.547. The third-order valence-corrected chi connectivity index (χ3v) is 3.49. The fourth-order valence-corrected chi connectivity index (χ4v) is 2.19. The van der Waals surface area contributed by atoms with E-state index >= 15 is 0 Å². The highest BCUT2D eigenvalue weighted by molar-refractivity contribution is 6.30. The molecule has 2 amide bonds. The first-order valence-electron chi connectivity index (χ1n) is 6.12. The normalized spacial score (nSPS) is 18.1. The summed E-state index contributed by atoms with van der Waals surface area (Å²) < 4.78 is 18.2. The standard InChI is InChI=1S/C13H14ClFN2O3/c14-10-5-9(1-2-11(10)15)20-7-12(18)17-4-3-8(6-17)13(16)19/h1-2,5,8H,3-4,6-7H2,(H2,16,19)/t8-/m0/s1. The van der Waals surface area contributed by atoms with Crippen LogP contribution in [0.2, 0.25) is 5.02 Å². The number of nitrogens with zero attached hydrogens (tertiary/aromatic N) is 1. The van der Waals surface area contributed by atoms with Crippen molar-refractivity contribution < 1.29 is 18.7 Å². The van der Waals surface area contributed by atoms with Gasteiger partial charge in [-0.1, -0.05) is 11.6 Å². The Morgan fingerprint density at radius 3 is 2.85 bits per heavy atom. The summed E-state index contributed by atoms with van der Waals surface area (Å²) in [7, 11) is 0. The third kappa shape index (κ3) is 3.39. The molecule has 0 radical (unpaired) electrons. The molecule has 1 aliphatic heterocycles. The molecule has 1 aromatic carbocycles. The van der Waals surface area contributed by atoms with Gasteiger partial charge in [0.2, 0.25) is 5.91 Å². The van der Waals surface area contributed by atoms with Crippen LogP contribution in [0.5, 0.6) is 5.75 Å². The van der Waals surface area contributed by atoms with Crippen molar-refractivity contribution in [3.05, 3.63) is 29.0 Å². The zero-order valence-electron chi connectivity index (χ0n) is 10.6. The van der Waals surface area contributed by atoms with E-state index in [1.807, 2.05) is 0 Å². The quantitative estimate of drug-likeness (QED) is 0.908. The molecule has 0 unspecified atom stereocenters. The number of hydrogen-bond acceptors (Lipinski definition) is 3.